The number of nitrogens with one attached hydrogen (secondary N) is 1. The van der Waals surface area contributed by atoms with E-state index in [0.29, 0.717) is 11.7 Å². The molecule has 4 rings (SSSR count). The van der Waals surface area contributed by atoms with E-state index < -0.39 is 0 Å². The zero-order valence-corrected chi connectivity index (χ0v) is 17.4. The molecule has 0 bridgehead atoms. The van der Waals surface area contributed by atoms with Crippen molar-refractivity contribution >= 4 is 45.7 Å². The molecule has 1 aliphatic rings. The van der Waals surface area contributed by atoms with Crippen molar-refractivity contribution in [2.24, 2.45) is 0 Å². The second kappa shape index (κ2) is 8.24. The maximum Gasteiger partial charge on any atom is 0.415 e. The number of anilines is 3. The van der Waals surface area contributed by atoms with Gasteiger partial charge in [0, 0.05) is 27.8 Å². The van der Waals surface area contributed by atoms with E-state index in [1.54, 1.807) is 18.8 Å². The highest BCUT2D eigenvalue weighted by atomic mass is 32.2. The van der Waals surface area contributed by atoms with Crippen LogP contribution in [0.5, 0.6) is 0 Å². The Morgan fingerprint density at radius 1 is 1.18 bits per heavy atom. The van der Waals surface area contributed by atoms with Crippen LogP contribution in [-0.2, 0) is 4.74 Å². The summed E-state index contributed by atoms with van der Waals surface area (Å²) in [7, 11) is 1.69. The highest BCUT2D eigenvalue weighted by molar-refractivity contribution is 7.99. The molecule has 0 unspecified atom stereocenters. The summed E-state index contributed by atoms with van der Waals surface area (Å²) in [5.74, 6) is 0. The molecule has 0 radical (unpaired) electrons. The van der Waals surface area contributed by atoms with Crippen molar-refractivity contribution in [1.82, 2.24) is 4.98 Å². The van der Waals surface area contributed by atoms with Gasteiger partial charge in [-0.25, -0.2) is 9.78 Å². The summed E-state index contributed by atoms with van der Waals surface area (Å²) in [4.78, 5) is 20.6. The summed E-state index contributed by atoms with van der Waals surface area (Å²) in [6.45, 7) is 2.50. The van der Waals surface area contributed by atoms with Crippen LogP contribution in [0.25, 0.3) is 11.3 Å². The molecule has 2 aromatic carbocycles. The minimum absolute atomic E-state index is 0.366. The SMILES string of the molecule is CCCCOC(=O)N(C)c1nc(-c2ccc3c(c2)Nc2ccccc2S3)cs1. The van der Waals surface area contributed by atoms with Crippen molar-refractivity contribution in [1.29, 1.82) is 0 Å². The number of thiazole rings is 1. The van der Waals surface area contributed by atoms with Crippen molar-refractivity contribution in [2.75, 3.05) is 23.9 Å². The number of para-hydroxylation sites is 1. The summed E-state index contributed by atoms with van der Waals surface area (Å²) in [5, 5.41) is 6.09. The standard InChI is InChI=1S/C21H21N3O2S2/c1-3-4-11-26-21(25)24(2)20-23-17(13-27-20)14-9-10-19-16(12-14)22-15-7-5-6-8-18(15)28-19/h5-10,12-13,22H,3-4,11H2,1-2H3. The van der Waals surface area contributed by atoms with Gasteiger partial charge in [0.1, 0.15) is 0 Å². The molecule has 1 amide bonds. The van der Waals surface area contributed by atoms with E-state index in [2.05, 4.69) is 47.6 Å². The van der Waals surface area contributed by atoms with E-state index in [1.807, 2.05) is 17.5 Å². The molecule has 1 N–H and O–H groups in total. The van der Waals surface area contributed by atoms with Gasteiger partial charge in [0.15, 0.2) is 5.13 Å². The van der Waals surface area contributed by atoms with E-state index in [0.717, 1.165) is 35.5 Å². The topological polar surface area (TPSA) is 54.5 Å². The van der Waals surface area contributed by atoms with E-state index >= 15 is 0 Å². The fraction of sp³-hybridized carbons (Fsp3) is 0.238. The summed E-state index contributed by atoms with van der Waals surface area (Å²) in [6.07, 6.45) is 1.49. The van der Waals surface area contributed by atoms with Crippen molar-refractivity contribution in [3.63, 3.8) is 0 Å². The predicted molar refractivity (Wildman–Crippen MR) is 116 cm³/mol. The van der Waals surface area contributed by atoms with Crippen LogP contribution >= 0.6 is 23.1 Å². The first-order chi connectivity index (χ1) is 13.7. The number of amides is 1. The number of carbonyl (C=O) groups excluding carboxylic acids is 1. The lowest BCUT2D eigenvalue weighted by Gasteiger charge is -2.21. The zero-order chi connectivity index (χ0) is 19.5. The van der Waals surface area contributed by atoms with Crippen LogP contribution in [0.1, 0.15) is 19.8 Å². The van der Waals surface area contributed by atoms with Gasteiger partial charge in [-0.1, -0.05) is 43.3 Å². The molecule has 3 aromatic rings. The Labute approximate surface area is 172 Å². The first-order valence-corrected chi connectivity index (χ1v) is 10.9. The molecule has 1 aliphatic heterocycles. The van der Waals surface area contributed by atoms with Gasteiger partial charge >= 0.3 is 6.09 Å². The summed E-state index contributed by atoms with van der Waals surface area (Å²) < 4.78 is 5.26. The van der Waals surface area contributed by atoms with Gasteiger partial charge in [-0.2, -0.15) is 0 Å². The lowest BCUT2D eigenvalue weighted by molar-refractivity contribution is 0.153. The van der Waals surface area contributed by atoms with Gasteiger partial charge in [0.2, 0.25) is 0 Å². The summed E-state index contributed by atoms with van der Waals surface area (Å²) in [5.41, 5.74) is 4.05. The Morgan fingerprint density at radius 3 is 2.86 bits per heavy atom. The number of ether oxygens (including phenoxy) is 1. The van der Waals surface area contributed by atoms with E-state index in [1.165, 1.54) is 26.0 Å². The maximum absolute atomic E-state index is 12.1. The molecule has 0 saturated carbocycles. The average molecular weight is 412 g/mol. The largest absolute Gasteiger partial charge is 0.449 e. The average Bonchev–Trinajstić information content (AvgIpc) is 3.21. The Morgan fingerprint density at radius 2 is 2.00 bits per heavy atom. The molecular formula is C21H21N3O2S2. The van der Waals surface area contributed by atoms with Gasteiger partial charge in [-0.3, -0.25) is 4.90 Å². The number of rotatable bonds is 5. The molecule has 5 nitrogen and oxygen atoms in total. The van der Waals surface area contributed by atoms with E-state index in [4.69, 9.17) is 4.74 Å². The maximum atomic E-state index is 12.1. The summed E-state index contributed by atoms with van der Waals surface area (Å²) >= 11 is 3.19. The van der Waals surface area contributed by atoms with Crippen LogP contribution < -0.4 is 10.2 Å². The molecular weight excluding hydrogens is 390 g/mol. The summed E-state index contributed by atoms with van der Waals surface area (Å²) in [6, 6.07) is 14.6. The van der Waals surface area contributed by atoms with Crippen LogP contribution in [0.15, 0.2) is 57.6 Å². The van der Waals surface area contributed by atoms with E-state index in [9.17, 15) is 4.79 Å². The number of unbranched alkanes of at least 4 members (excludes halogenated alkanes) is 1. The number of hydrogen-bond donors (Lipinski definition) is 1. The Kier molecular flexibility index (Phi) is 5.54. The smallest absolute Gasteiger partial charge is 0.415 e. The molecule has 0 saturated heterocycles. The molecule has 0 spiro atoms. The van der Waals surface area contributed by atoms with Crippen molar-refractivity contribution in [3.05, 3.63) is 47.8 Å². The van der Waals surface area contributed by atoms with Gasteiger partial charge in [0.25, 0.3) is 0 Å². The Balaban J connectivity index is 1.51. The van der Waals surface area contributed by atoms with Crippen LogP contribution in [-0.4, -0.2) is 24.7 Å². The number of benzene rings is 2. The monoisotopic (exact) mass is 411 g/mol. The highest BCUT2D eigenvalue weighted by Crippen LogP contribution is 2.45. The highest BCUT2D eigenvalue weighted by Gasteiger charge is 2.19. The second-order valence-corrected chi connectivity index (χ2v) is 8.40. The second-order valence-electron chi connectivity index (χ2n) is 6.48. The van der Waals surface area contributed by atoms with Crippen LogP contribution in [0.3, 0.4) is 0 Å². The molecule has 0 atom stereocenters. The third kappa shape index (κ3) is 3.86. The van der Waals surface area contributed by atoms with Crippen molar-refractivity contribution < 1.29 is 9.53 Å². The molecule has 144 valence electrons. The first-order valence-electron chi connectivity index (χ1n) is 9.20. The number of nitrogens with zero attached hydrogens (tertiary/aromatic N) is 2. The lowest BCUT2D eigenvalue weighted by Crippen LogP contribution is -2.27. The molecule has 0 aliphatic carbocycles. The molecule has 0 fully saturated rings. The zero-order valence-electron chi connectivity index (χ0n) is 15.8. The van der Waals surface area contributed by atoms with Gasteiger partial charge in [-0.05, 0) is 30.7 Å². The fourth-order valence-corrected chi connectivity index (χ4v) is 4.59. The predicted octanol–water partition coefficient (Wildman–Crippen LogP) is 6.39. The van der Waals surface area contributed by atoms with E-state index in [-0.39, 0.29) is 6.09 Å². The van der Waals surface area contributed by atoms with Crippen molar-refractivity contribution in [2.45, 2.75) is 29.6 Å². The Hall–Kier alpha value is -2.51. The van der Waals surface area contributed by atoms with Crippen LogP contribution in [0.2, 0.25) is 0 Å². The number of aromatic nitrogens is 1. The Bertz CT molecular complexity index is 1000. The lowest BCUT2D eigenvalue weighted by atomic mass is 10.1. The first kappa shape index (κ1) is 18.8. The van der Waals surface area contributed by atoms with Gasteiger partial charge < -0.3 is 10.1 Å². The minimum atomic E-state index is -0.366. The van der Waals surface area contributed by atoms with Crippen molar-refractivity contribution in [3.8, 4) is 11.3 Å². The molecule has 7 heteroatoms. The van der Waals surface area contributed by atoms with Gasteiger partial charge in [-0.15, -0.1) is 11.3 Å². The van der Waals surface area contributed by atoms with Gasteiger partial charge in [0.05, 0.1) is 23.7 Å². The normalized spacial score (nSPS) is 11.9. The molecule has 1 aromatic heterocycles. The third-order valence-electron chi connectivity index (χ3n) is 4.43. The van der Waals surface area contributed by atoms with Crippen LogP contribution in [0, 0.1) is 0 Å². The molecule has 28 heavy (non-hydrogen) atoms. The quantitative estimate of drug-likeness (QED) is 0.386. The third-order valence-corrected chi connectivity index (χ3v) is 6.50. The molecule has 2 heterocycles. The minimum Gasteiger partial charge on any atom is -0.449 e. The number of carbonyl (C=O) groups is 1. The number of fused-ring (bicyclic) bond motifs is 2. The number of hydrogen-bond acceptors (Lipinski definition) is 6. The van der Waals surface area contributed by atoms with Crippen LogP contribution in [0.4, 0.5) is 21.3 Å². The fourth-order valence-electron chi connectivity index (χ4n) is 2.83.